The number of piperazine rings is 1. The predicted molar refractivity (Wildman–Crippen MR) is 97.1 cm³/mol. The summed E-state index contributed by atoms with van der Waals surface area (Å²) in [6.07, 6.45) is 1.93. The zero-order valence-electron chi connectivity index (χ0n) is 15.0. The molecule has 0 aliphatic carbocycles. The van der Waals surface area contributed by atoms with Gasteiger partial charge in [-0.2, -0.15) is 11.8 Å². The molecule has 1 aromatic rings. The largest absolute Gasteiger partial charge is 0.503 e. The fourth-order valence-corrected chi connectivity index (χ4v) is 3.78. The molecule has 9 heteroatoms. The van der Waals surface area contributed by atoms with E-state index in [2.05, 4.69) is 0 Å². The van der Waals surface area contributed by atoms with Gasteiger partial charge in [0.25, 0.3) is 5.91 Å². The second-order valence-corrected chi connectivity index (χ2v) is 7.76. The Labute approximate surface area is 155 Å². The second-order valence-electron chi connectivity index (χ2n) is 6.89. The topological polar surface area (TPSA) is 86.9 Å². The van der Waals surface area contributed by atoms with Crippen LogP contribution in [0.15, 0.2) is 6.07 Å². The number of hydrogen-bond acceptors (Lipinski definition) is 5. The number of rotatable bonds is 4. The Kier molecular flexibility index (Phi) is 6.00. The number of nitrogens with two attached hydrogens (primary N) is 1. The highest BCUT2D eigenvalue weighted by molar-refractivity contribution is 7.98. The second kappa shape index (κ2) is 7.69. The molecule has 6 nitrogen and oxygen atoms in total. The van der Waals surface area contributed by atoms with Crippen LogP contribution in [0.3, 0.4) is 0 Å². The van der Waals surface area contributed by atoms with Crippen LogP contribution in [-0.4, -0.2) is 64.9 Å². The summed E-state index contributed by atoms with van der Waals surface area (Å²) in [6.45, 7) is 4.85. The van der Waals surface area contributed by atoms with E-state index in [0.717, 1.165) is 6.07 Å². The first kappa shape index (κ1) is 20.3. The maximum Gasteiger partial charge on any atom is 0.257 e. The van der Waals surface area contributed by atoms with Crippen molar-refractivity contribution in [2.24, 2.45) is 5.41 Å². The zero-order chi connectivity index (χ0) is 19.6. The van der Waals surface area contributed by atoms with Gasteiger partial charge in [0.2, 0.25) is 5.91 Å². The smallest absolute Gasteiger partial charge is 0.257 e. The molecule has 0 atom stereocenters. The molecule has 26 heavy (non-hydrogen) atoms. The first-order chi connectivity index (χ1) is 12.1. The summed E-state index contributed by atoms with van der Waals surface area (Å²) < 4.78 is 27.4. The highest BCUT2D eigenvalue weighted by Gasteiger charge is 2.34. The van der Waals surface area contributed by atoms with Crippen LogP contribution in [0.1, 0.15) is 24.2 Å². The fraction of sp³-hybridized carbons (Fsp3) is 0.529. The number of nitrogens with zero attached hydrogens (tertiary/aromatic N) is 2. The maximum atomic E-state index is 14.0. The van der Waals surface area contributed by atoms with Crippen LogP contribution in [0.2, 0.25) is 0 Å². The minimum Gasteiger partial charge on any atom is -0.503 e. The molecule has 0 radical (unpaired) electrons. The number of amides is 2. The lowest BCUT2D eigenvalue weighted by Gasteiger charge is -2.38. The van der Waals surface area contributed by atoms with Gasteiger partial charge >= 0.3 is 0 Å². The van der Waals surface area contributed by atoms with E-state index in [-0.39, 0.29) is 19.0 Å². The monoisotopic (exact) mass is 387 g/mol. The predicted octanol–water partition coefficient (Wildman–Crippen LogP) is 1.93. The average molecular weight is 387 g/mol. The Morgan fingerprint density at radius 3 is 2.27 bits per heavy atom. The third kappa shape index (κ3) is 3.87. The van der Waals surface area contributed by atoms with Crippen molar-refractivity contribution in [3.05, 3.63) is 23.3 Å². The van der Waals surface area contributed by atoms with E-state index in [1.54, 1.807) is 16.7 Å². The molecule has 1 saturated heterocycles. The SMILES string of the molecule is CSCC(C)(C)C(=O)N1CCN(C(=O)c2cc(N)c(F)c(O)c2F)CC1. The molecule has 0 saturated carbocycles. The number of carbonyl (C=O) groups is 2. The van der Waals surface area contributed by atoms with Gasteiger partial charge in [0.1, 0.15) is 0 Å². The van der Waals surface area contributed by atoms with Crippen molar-refractivity contribution in [1.29, 1.82) is 0 Å². The fourth-order valence-electron chi connectivity index (χ4n) is 2.93. The molecule has 3 N–H and O–H groups in total. The summed E-state index contributed by atoms with van der Waals surface area (Å²) in [5.41, 5.74) is 3.88. The lowest BCUT2D eigenvalue weighted by Crippen LogP contribution is -2.54. The zero-order valence-corrected chi connectivity index (χ0v) is 15.8. The van der Waals surface area contributed by atoms with E-state index in [4.69, 9.17) is 5.73 Å². The molecule has 1 aliphatic heterocycles. The van der Waals surface area contributed by atoms with Crippen molar-refractivity contribution >= 4 is 29.3 Å². The molecule has 1 aromatic carbocycles. The van der Waals surface area contributed by atoms with E-state index < -0.39 is 40.0 Å². The Bertz CT molecular complexity index is 720. The number of aromatic hydroxyl groups is 1. The number of hydrogen-bond donors (Lipinski definition) is 2. The van der Waals surface area contributed by atoms with Gasteiger partial charge in [-0.15, -0.1) is 0 Å². The Morgan fingerprint density at radius 1 is 1.19 bits per heavy atom. The molecule has 0 unspecified atom stereocenters. The summed E-state index contributed by atoms with van der Waals surface area (Å²) in [4.78, 5) is 28.1. The number of phenols is 1. The van der Waals surface area contributed by atoms with Gasteiger partial charge in [-0.25, -0.2) is 8.78 Å². The third-order valence-corrected chi connectivity index (χ3v) is 5.38. The van der Waals surface area contributed by atoms with E-state index in [1.165, 1.54) is 4.90 Å². The van der Waals surface area contributed by atoms with Crippen LogP contribution < -0.4 is 5.73 Å². The standard InChI is InChI=1S/C17H23F2N3O3S/c1-17(2,9-26-3)16(25)22-6-4-21(5-7-22)15(24)10-8-11(20)13(19)14(23)12(10)18/h8,23H,4-7,9,20H2,1-3H3. The Hall–Kier alpha value is -2.03. The summed E-state index contributed by atoms with van der Waals surface area (Å²) in [6, 6.07) is 0.881. The molecule has 144 valence electrons. The Morgan fingerprint density at radius 2 is 1.73 bits per heavy atom. The quantitative estimate of drug-likeness (QED) is 0.771. The van der Waals surface area contributed by atoms with E-state index in [0.29, 0.717) is 18.8 Å². The summed E-state index contributed by atoms with van der Waals surface area (Å²) >= 11 is 1.59. The Balaban J connectivity index is 2.09. The van der Waals surface area contributed by atoms with Crippen LogP contribution in [-0.2, 0) is 4.79 Å². The highest BCUT2D eigenvalue weighted by Crippen LogP contribution is 2.29. The van der Waals surface area contributed by atoms with Crippen molar-refractivity contribution in [1.82, 2.24) is 9.80 Å². The van der Waals surface area contributed by atoms with Gasteiger partial charge in [0, 0.05) is 31.9 Å². The number of nitrogen functional groups attached to an aromatic ring is 1. The number of phenolic OH excluding ortho intramolecular Hbond substituents is 1. The molecule has 2 rings (SSSR count). The number of anilines is 1. The van der Waals surface area contributed by atoms with Crippen LogP contribution in [0.5, 0.6) is 5.75 Å². The number of carbonyl (C=O) groups excluding carboxylic acids is 2. The summed E-state index contributed by atoms with van der Waals surface area (Å²) in [7, 11) is 0. The van der Waals surface area contributed by atoms with Gasteiger partial charge in [0.15, 0.2) is 17.4 Å². The maximum absolute atomic E-state index is 14.0. The van der Waals surface area contributed by atoms with Crippen LogP contribution in [0.4, 0.5) is 14.5 Å². The van der Waals surface area contributed by atoms with Crippen molar-refractivity contribution in [2.45, 2.75) is 13.8 Å². The first-order valence-corrected chi connectivity index (χ1v) is 9.53. The van der Waals surface area contributed by atoms with Crippen molar-refractivity contribution in [3.8, 4) is 5.75 Å². The average Bonchev–Trinajstić information content (AvgIpc) is 2.62. The molecule has 0 bridgehead atoms. The van der Waals surface area contributed by atoms with E-state index >= 15 is 0 Å². The third-order valence-electron chi connectivity index (χ3n) is 4.37. The van der Waals surface area contributed by atoms with Crippen LogP contribution in [0, 0.1) is 17.0 Å². The lowest BCUT2D eigenvalue weighted by molar-refractivity contribution is -0.140. The normalized spacial score (nSPS) is 15.3. The number of benzene rings is 1. The summed E-state index contributed by atoms with van der Waals surface area (Å²) in [5.74, 6) is -3.88. The molecular weight excluding hydrogens is 364 g/mol. The van der Waals surface area contributed by atoms with Gasteiger partial charge < -0.3 is 20.6 Å². The molecule has 1 heterocycles. The van der Waals surface area contributed by atoms with Crippen LogP contribution >= 0.6 is 11.8 Å². The van der Waals surface area contributed by atoms with Gasteiger partial charge in [-0.3, -0.25) is 9.59 Å². The van der Waals surface area contributed by atoms with Crippen molar-refractivity contribution < 1.29 is 23.5 Å². The van der Waals surface area contributed by atoms with Gasteiger partial charge in [0.05, 0.1) is 16.7 Å². The minimum atomic E-state index is -1.33. The molecular formula is C17H23F2N3O3S. The van der Waals surface area contributed by atoms with Crippen molar-refractivity contribution in [3.63, 3.8) is 0 Å². The lowest BCUT2D eigenvalue weighted by atomic mass is 9.94. The molecule has 1 aliphatic rings. The molecule has 1 fully saturated rings. The van der Waals surface area contributed by atoms with E-state index in [9.17, 15) is 23.5 Å². The minimum absolute atomic E-state index is 0.00815. The molecule has 2 amide bonds. The van der Waals surface area contributed by atoms with Crippen LogP contribution in [0.25, 0.3) is 0 Å². The first-order valence-electron chi connectivity index (χ1n) is 8.14. The molecule has 0 spiro atoms. The summed E-state index contributed by atoms with van der Waals surface area (Å²) in [5, 5.41) is 9.41. The number of thioether (sulfide) groups is 1. The van der Waals surface area contributed by atoms with Crippen molar-refractivity contribution in [2.75, 3.05) is 43.9 Å². The highest BCUT2D eigenvalue weighted by atomic mass is 32.2. The van der Waals surface area contributed by atoms with Gasteiger partial charge in [-0.1, -0.05) is 13.8 Å². The van der Waals surface area contributed by atoms with Gasteiger partial charge in [-0.05, 0) is 12.3 Å². The molecule has 0 aromatic heterocycles. The van der Waals surface area contributed by atoms with E-state index in [1.807, 2.05) is 20.1 Å². The number of halogens is 2.